The molecule has 82 valence electrons. The molecule has 0 saturated heterocycles. The Morgan fingerprint density at radius 3 is 2.87 bits per heavy atom. The van der Waals surface area contributed by atoms with E-state index in [1.165, 1.54) is 18.4 Å². The van der Waals surface area contributed by atoms with Crippen molar-refractivity contribution in [1.82, 2.24) is 5.32 Å². The van der Waals surface area contributed by atoms with Crippen LogP contribution in [0.25, 0.3) is 0 Å². The van der Waals surface area contributed by atoms with Crippen molar-refractivity contribution in [2.24, 2.45) is 0 Å². The van der Waals surface area contributed by atoms with Crippen LogP contribution in [0.1, 0.15) is 48.3 Å². The van der Waals surface area contributed by atoms with Crippen LogP contribution >= 0.6 is 0 Å². The van der Waals surface area contributed by atoms with Gasteiger partial charge in [0.1, 0.15) is 0 Å². The number of aryl methyl sites for hydroxylation is 1. The highest BCUT2D eigenvalue weighted by molar-refractivity contribution is 5.41. The van der Waals surface area contributed by atoms with E-state index in [-0.39, 0.29) is 0 Å². The van der Waals surface area contributed by atoms with Crippen LogP contribution < -0.4 is 5.32 Å². The average molecular weight is 203 g/mol. The van der Waals surface area contributed by atoms with Gasteiger partial charge in [0.15, 0.2) is 0 Å². The molecule has 2 rings (SSSR count). The predicted molar refractivity (Wildman–Crippen MR) is 65.5 cm³/mol. The minimum Gasteiger partial charge on any atom is -0.319 e. The first kappa shape index (κ1) is 10.7. The number of benzene rings is 1. The molecule has 0 amide bonds. The van der Waals surface area contributed by atoms with E-state index in [2.05, 4.69) is 37.4 Å². The second kappa shape index (κ2) is 4.36. The highest BCUT2D eigenvalue weighted by Crippen LogP contribution is 2.39. The number of hydrogen-bond acceptors (Lipinski definition) is 1. The third-order valence-corrected chi connectivity index (χ3v) is 3.69. The molecule has 0 aliphatic heterocycles. The lowest BCUT2D eigenvalue weighted by atomic mass is 9.75. The highest BCUT2D eigenvalue weighted by atomic mass is 14.8. The van der Waals surface area contributed by atoms with Gasteiger partial charge in [0.25, 0.3) is 0 Å². The van der Waals surface area contributed by atoms with E-state index in [0.717, 1.165) is 18.4 Å². The van der Waals surface area contributed by atoms with Gasteiger partial charge in [0.05, 0.1) is 0 Å². The molecule has 2 atom stereocenters. The molecule has 1 aromatic carbocycles. The molecule has 0 bridgehead atoms. The second-order valence-electron chi connectivity index (χ2n) is 4.81. The summed E-state index contributed by atoms with van der Waals surface area (Å²) in [5.74, 6) is 1.47. The van der Waals surface area contributed by atoms with Gasteiger partial charge in [-0.25, -0.2) is 0 Å². The van der Waals surface area contributed by atoms with Gasteiger partial charge >= 0.3 is 0 Å². The maximum absolute atomic E-state index is 3.31. The maximum atomic E-state index is 3.31. The topological polar surface area (TPSA) is 12.0 Å². The zero-order chi connectivity index (χ0) is 10.8. The lowest BCUT2D eigenvalue weighted by molar-refractivity contribution is 0.485. The van der Waals surface area contributed by atoms with Crippen molar-refractivity contribution in [3.63, 3.8) is 0 Å². The summed E-state index contributed by atoms with van der Waals surface area (Å²) in [6.07, 6.45) is 2.67. The van der Waals surface area contributed by atoms with Crippen molar-refractivity contribution in [2.45, 2.75) is 38.5 Å². The number of fused-ring (bicyclic) bond motifs is 1. The van der Waals surface area contributed by atoms with Crippen LogP contribution in [0.5, 0.6) is 0 Å². The Hall–Kier alpha value is -0.820. The fourth-order valence-corrected chi connectivity index (χ4v) is 2.94. The number of likely N-dealkylation sites (N-methyl/N-ethyl adjacent to an activating group) is 1. The van der Waals surface area contributed by atoms with Crippen molar-refractivity contribution in [3.8, 4) is 0 Å². The molecule has 1 aliphatic rings. The molecule has 0 fully saturated rings. The summed E-state index contributed by atoms with van der Waals surface area (Å²) < 4.78 is 0. The fourth-order valence-electron chi connectivity index (χ4n) is 2.94. The summed E-state index contributed by atoms with van der Waals surface area (Å²) in [6, 6.07) is 6.77. The summed E-state index contributed by atoms with van der Waals surface area (Å²) in [6.45, 7) is 5.72. The van der Waals surface area contributed by atoms with E-state index >= 15 is 0 Å². The van der Waals surface area contributed by atoms with Crippen molar-refractivity contribution >= 4 is 0 Å². The Labute approximate surface area is 92.9 Å². The molecule has 1 nitrogen and oxygen atoms in total. The van der Waals surface area contributed by atoms with E-state index in [9.17, 15) is 0 Å². The summed E-state index contributed by atoms with van der Waals surface area (Å²) >= 11 is 0. The van der Waals surface area contributed by atoms with Gasteiger partial charge in [-0.15, -0.1) is 0 Å². The lowest BCUT2D eigenvalue weighted by Gasteiger charge is -2.31. The van der Waals surface area contributed by atoms with Crippen molar-refractivity contribution in [2.75, 3.05) is 13.6 Å². The largest absolute Gasteiger partial charge is 0.319 e. The molecule has 0 heterocycles. The van der Waals surface area contributed by atoms with Gasteiger partial charge in [-0.1, -0.05) is 25.1 Å². The fraction of sp³-hybridized carbons (Fsp3) is 0.571. The standard InChI is InChI=1S/C14H21N/c1-10-5-4-6-13-12(9-15-3)8-7-11(2)14(10)13/h4-6,11-12,15H,7-9H2,1-3H3. The Morgan fingerprint density at radius 1 is 1.33 bits per heavy atom. The Bertz CT molecular complexity index is 343. The first-order chi connectivity index (χ1) is 7.24. The van der Waals surface area contributed by atoms with Crippen LogP contribution in [-0.4, -0.2) is 13.6 Å². The molecule has 1 aliphatic carbocycles. The molecule has 0 saturated carbocycles. The molecule has 1 heteroatoms. The lowest BCUT2D eigenvalue weighted by Crippen LogP contribution is -2.23. The monoisotopic (exact) mass is 203 g/mol. The van der Waals surface area contributed by atoms with Gasteiger partial charge in [-0.2, -0.15) is 0 Å². The minimum atomic E-state index is 0.723. The number of hydrogen-bond donors (Lipinski definition) is 1. The normalized spacial score (nSPS) is 25.0. The Morgan fingerprint density at radius 2 is 2.13 bits per heavy atom. The predicted octanol–water partition coefficient (Wildman–Crippen LogP) is 3.20. The average Bonchev–Trinajstić information content (AvgIpc) is 2.22. The quantitative estimate of drug-likeness (QED) is 0.778. The van der Waals surface area contributed by atoms with Crippen LogP contribution in [0.3, 0.4) is 0 Å². The van der Waals surface area contributed by atoms with Crippen LogP contribution in [0, 0.1) is 6.92 Å². The third-order valence-electron chi connectivity index (χ3n) is 3.69. The third kappa shape index (κ3) is 1.93. The van der Waals surface area contributed by atoms with Crippen LogP contribution in [0.15, 0.2) is 18.2 Å². The second-order valence-corrected chi connectivity index (χ2v) is 4.81. The van der Waals surface area contributed by atoms with Gasteiger partial charge in [0, 0.05) is 6.54 Å². The Kier molecular flexibility index (Phi) is 3.11. The maximum Gasteiger partial charge on any atom is 0.00172 e. The van der Waals surface area contributed by atoms with E-state index in [0.29, 0.717) is 0 Å². The van der Waals surface area contributed by atoms with E-state index in [4.69, 9.17) is 0 Å². The van der Waals surface area contributed by atoms with E-state index in [1.807, 2.05) is 7.05 Å². The molecule has 0 radical (unpaired) electrons. The van der Waals surface area contributed by atoms with Crippen molar-refractivity contribution in [3.05, 3.63) is 34.9 Å². The van der Waals surface area contributed by atoms with E-state index in [1.54, 1.807) is 11.1 Å². The van der Waals surface area contributed by atoms with Crippen LogP contribution in [-0.2, 0) is 0 Å². The molecule has 15 heavy (non-hydrogen) atoms. The minimum absolute atomic E-state index is 0.723. The summed E-state index contributed by atoms with van der Waals surface area (Å²) in [7, 11) is 2.05. The molecule has 2 unspecified atom stereocenters. The van der Waals surface area contributed by atoms with E-state index < -0.39 is 0 Å². The van der Waals surface area contributed by atoms with Gasteiger partial charge in [-0.05, 0) is 55.3 Å². The van der Waals surface area contributed by atoms with Crippen LogP contribution in [0.2, 0.25) is 0 Å². The van der Waals surface area contributed by atoms with Crippen LogP contribution in [0.4, 0.5) is 0 Å². The summed E-state index contributed by atoms with van der Waals surface area (Å²) in [5, 5.41) is 3.31. The first-order valence-corrected chi connectivity index (χ1v) is 5.98. The Balaban J connectivity index is 2.41. The van der Waals surface area contributed by atoms with Gasteiger partial charge in [-0.3, -0.25) is 0 Å². The highest BCUT2D eigenvalue weighted by Gasteiger charge is 2.24. The van der Waals surface area contributed by atoms with Crippen molar-refractivity contribution in [1.29, 1.82) is 0 Å². The zero-order valence-electron chi connectivity index (χ0n) is 10.0. The number of nitrogens with one attached hydrogen (secondary N) is 1. The summed E-state index contributed by atoms with van der Waals surface area (Å²) in [5.41, 5.74) is 4.67. The summed E-state index contributed by atoms with van der Waals surface area (Å²) in [4.78, 5) is 0. The van der Waals surface area contributed by atoms with Crippen molar-refractivity contribution < 1.29 is 0 Å². The SMILES string of the molecule is CNCC1CCC(C)c2c(C)cccc21. The smallest absolute Gasteiger partial charge is 0.00172 e. The molecule has 0 spiro atoms. The zero-order valence-corrected chi connectivity index (χ0v) is 10.0. The molecular weight excluding hydrogens is 182 g/mol. The molecule has 0 aromatic heterocycles. The first-order valence-electron chi connectivity index (χ1n) is 5.98. The molecular formula is C14H21N. The molecule has 1 aromatic rings. The van der Waals surface area contributed by atoms with Gasteiger partial charge < -0.3 is 5.32 Å². The number of rotatable bonds is 2. The van der Waals surface area contributed by atoms with Gasteiger partial charge in [0.2, 0.25) is 0 Å². The molecule has 1 N–H and O–H groups in total.